The number of fused-ring (bicyclic) bond motifs is 2. The molecule has 104 valence electrons. The molecular weight excluding hydrogens is 260 g/mol. The molecule has 2 bridgehead atoms. The molecule has 4 unspecified atom stereocenters. The summed E-state index contributed by atoms with van der Waals surface area (Å²) >= 11 is 1.51. The summed E-state index contributed by atoms with van der Waals surface area (Å²) in [4.78, 5) is 15.0. The van der Waals surface area contributed by atoms with E-state index in [1.54, 1.807) is 0 Å². The van der Waals surface area contributed by atoms with Crippen molar-refractivity contribution in [3.8, 4) is 0 Å². The average Bonchev–Trinajstić information content (AvgIpc) is 3.04. The summed E-state index contributed by atoms with van der Waals surface area (Å²) in [6.07, 6.45) is 5.60. The van der Waals surface area contributed by atoms with Crippen LogP contribution in [-0.2, 0) is 11.2 Å². The number of nitrogens with one attached hydrogen (secondary N) is 1. The van der Waals surface area contributed by atoms with Crippen LogP contribution >= 0.6 is 11.3 Å². The van der Waals surface area contributed by atoms with Crippen molar-refractivity contribution in [2.24, 2.45) is 17.8 Å². The van der Waals surface area contributed by atoms with Crippen LogP contribution in [0.5, 0.6) is 0 Å². The van der Waals surface area contributed by atoms with Gasteiger partial charge in [-0.2, -0.15) is 0 Å². The van der Waals surface area contributed by atoms with E-state index in [0.717, 1.165) is 22.9 Å². The van der Waals surface area contributed by atoms with Crippen LogP contribution in [0.3, 0.4) is 0 Å². The molecule has 1 aromatic heterocycles. The van der Waals surface area contributed by atoms with Crippen molar-refractivity contribution < 1.29 is 9.90 Å². The molecule has 2 N–H and O–H groups in total. The summed E-state index contributed by atoms with van der Waals surface area (Å²) in [7, 11) is 0. The lowest BCUT2D eigenvalue weighted by Crippen LogP contribution is -2.29. The minimum Gasteiger partial charge on any atom is -0.481 e. The van der Waals surface area contributed by atoms with Crippen molar-refractivity contribution in [1.29, 1.82) is 0 Å². The fourth-order valence-corrected chi connectivity index (χ4v) is 4.63. The van der Waals surface area contributed by atoms with Crippen molar-refractivity contribution in [1.82, 2.24) is 4.98 Å². The molecular formula is C14H20N2O2S. The van der Waals surface area contributed by atoms with Gasteiger partial charge in [0.25, 0.3) is 0 Å². The van der Waals surface area contributed by atoms with E-state index in [-0.39, 0.29) is 6.42 Å². The number of nitrogens with zero attached hydrogens (tertiary/aromatic N) is 1. The molecule has 0 amide bonds. The zero-order valence-electron chi connectivity index (χ0n) is 11.1. The maximum absolute atomic E-state index is 10.6. The van der Waals surface area contributed by atoms with Crippen LogP contribution in [0.15, 0.2) is 5.38 Å². The zero-order chi connectivity index (χ0) is 13.4. The third kappa shape index (κ3) is 2.76. The highest BCUT2D eigenvalue weighted by atomic mass is 32.1. The predicted octanol–water partition coefficient (Wildman–Crippen LogP) is 3.01. The lowest BCUT2D eigenvalue weighted by Gasteiger charge is -2.28. The van der Waals surface area contributed by atoms with Gasteiger partial charge in [-0.3, -0.25) is 4.79 Å². The number of carboxylic acids is 1. The van der Waals surface area contributed by atoms with Crippen molar-refractivity contribution in [2.45, 2.75) is 45.1 Å². The first kappa shape index (κ1) is 12.9. The van der Waals surface area contributed by atoms with Gasteiger partial charge in [0.2, 0.25) is 0 Å². The SMILES string of the molecule is CC(Nc1nc(CC(=O)O)cs1)C1CC2CCC1C2. The number of carbonyl (C=O) groups is 1. The third-order valence-corrected chi connectivity index (χ3v) is 5.49. The number of hydrogen-bond donors (Lipinski definition) is 2. The number of hydrogen-bond acceptors (Lipinski definition) is 4. The number of aromatic nitrogens is 1. The Labute approximate surface area is 117 Å². The molecule has 0 spiro atoms. The van der Waals surface area contributed by atoms with Gasteiger partial charge in [-0.1, -0.05) is 6.42 Å². The largest absolute Gasteiger partial charge is 0.481 e. The monoisotopic (exact) mass is 280 g/mol. The molecule has 5 heteroatoms. The van der Waals surface area contributed by atoms with E-state index in [1.807, 2.05) is 5.38 Å². The highest BCUT2D eigenvalue weighted by molar-refractivity contribution is 7.13. The Bertz CT molecular complexity index is 474. The molecule has 2 aliphatic rings. The molecule has 0 aliphatic heterocycles. The highest BCUT2D eigenvalue weighted by Gasteiger charge is 2.41. The fourth-order valence-electron chi connectivity index (χ4n) is 3.82. The van der Waals surface area contributed by atoms with Gasteiger partial charge in [-0.15, -0.1) is 11.3 Å². The van der Waals surface area contributed by atoms with E-state index in [9.17, 15) is 4.79 Å². The van der Waals surface area contributed by atoms with Gasteiger partial charge >= 0.3 is 5.97 Å². The second kappa shape index (κ2) is 5.12. The van der Waals surface area contributed by atoms with Crippen molar-refractivity contribution in [3.63, 3.8) is 0 Å². The Hall–Kier alpha value is -1.10. The molecule has 1 heterocycles. The van der Waals surface area contributed by atoms with Gasteiger partial charge in [0.15, 0.2) is 5.13 Å². The van der Waals surface area contributed by atoms with Gasteiger partial charge in [0.1, 0.15) is 0 Å². The molecule has 4 nitrogen and oxygen atoms in total. The quantitative estimate of drug-likeness (QED) is 0.870. The first-order valence-corrected chi connectivity index (χ1v) is 7.92. The molecule has 2 fully saturated rings. The molecule has 0 aromatic carbocycles. The zero-order valence-corrected chi connectivity index (χ0v) is 11.9. The molecule has 2 saturated carbocycles. The van der Waals surface area contributed by atoms with Crippen LogP contribution in [0, 0.1) is 17.8 Å². The lowest BCUT2D eigenvalue weighted by molar-refractivity contribution is -0.136. The summed E-state index contributed by atoms with van der Waals surface area (Å²) in [6, 6.07) is 0.444. The van der Waals surface area contributed by atoms with Crippen LogP contribution < -0.4 is 5.32 Å². The van der Waals surface area contributed by atoms with Gasteiger partial charge in [0, 0.05) is 11.4 Å². The van der Waals surface area contributed by atoms with E-state index in [4.69, 9.17) is 5.11 Å². The van der Waals surface area contributed by atoms with E-state index < -0.39 is 5.97 Å². The van der Waals surface area contributed by atoms with Gasteiger partial charge in [-0.05, 0) is 43.9 Å². The Morgan fingerprint density at radius 1 is 1.58 bits per heavy atom. The van der Waals surface area contributed by atoms with Crippen LogP contribution in [-0.4, -0.2) is 22.1 Å². The second-order valence-corrected chi connectivity index (χ2v) is 6.84. The van der Waals surface area contributed by atoms with Crippen LogP contribution in [0.4, 0.5) is 5.13 Å². The molecule has 1 aromatic rings. The first-order valence-electron chi connectivity index (χ1n) is 7.04. The molecule has 3 rings (SSSR count). The minimum atomic E-state index is -0.821. The fraction of sp³-hybridized carbons (Fsp3) is 0.714. The Morgan fingerprint density at radius 2 is 2.42 bits per heavy atom. The second-order valence-electron chi connectivity index (χ2n) is 5.99. The van der Waals surface area contributed by atoms with Crippen LogP contribution in [0.25, 0.3) is 0 Å². The molecule has 0 radical (unpaired) electrons. The smallest absolute Gasteiger partial charge is 0.309 e. The molecule has 4 atom stereocenters. The highest BCUT2D eigenvalue weighted by Crippen LogP contribution is 2.49. The number of rotatable bonds is 5. The Morgan fingerprint density at radius 3 is 3.05 bits per heavy atom. The van der Waals surface area contributed by atoms with E-state index in [0.29, 0.717) is 11.7 Å². The first-order chi connectivity index (χ1) is 9.11. The Kier molecular flexibility index (Phi) is 3.48. The number of carboxylic acid groups (broad SMARTS) is 1. The molecule has 0 saturated heterocycles. The standard InChI is InChI=1S/C14H20N2O2S/c1-8(12-5-9-2-3-10(12)4-9)15-14-16-11(7-19-14)6-13(17)18/h7-10,12H,2-6H2,1H3,(H,15,16)(H,17,18). The minimum absolute atomic E-state index is 0.0146. The summed E-state index contributed by atoms with van der Waals surface area (Å²) in [5, 5.41) is 14.9. The normalized spacial score (nSPS) is 30.5. The Balaban J connectivity index is 1.58. The van der Waals surface area contributed by atoms with E-state index in [1.165, 1.54) is 37.0 Å². The summed E-state index contributed by atoms with van der Waals surface area (Å²) < 4.78 is 0. The van der Waals surface area contributed by atoms with Crippen LogP contribution in [0.2, 0.25) is 0 Å². The van der Waals surface area contributed by atoms with E-state index in [2.05, 4.69) is 17.2 Å². The summed E-state index contributed by atoms with van der Waals surface area (Å²) in [6.45, 7) is 2.24. The van der Waals surface area contributed by atoms with Crippen LogP contribution in [0.1, 0.15) is 38.3 Å². The van der Waals surface area contributed by atoms with Crippen molar-refractivity contribution in [2.75, 3.05) is 5.32 Å². The topological polar surface area (TPSA) is 62.2 Å². The average molecular weight is 280 g/mol. The van der Waals surface area contributed by atoms with Gasteiger partial charge < -0.3 is 10.4 Å². The number of aliphatic carboxylic acids is 1. The van der Waals surface area contributed by atoms with Gasteiger partial charge in [0.05, 0.1) is 12.1 Å². The maximum atomic E-state index is 10.6. The van der Waals surface area contributed by atoms with Gasteiger partial charge in [-0.25, -0.2) is 4.98 Å². The number of anilines is 1. The van der Waals surface area contributed by atoms with E-state index >= 15 is 0 Å². The maximum Gasteiger partial charge on any atom is 0.309 e. The molecule has 2 aliphatic carbocycles. The van der Waals surface area contributed by atoms with Crippen molar-refractivity contribution >= 4 is 22.4 Å². The summed E-state index contributed by atoms with van der Waals surface area (Å²) in [5.41, 5.74) is 0.653. The number of thiazole rings is 1. The molecule has 19 heavy (non-hydrogen) atoms. The summed E-state index contributed by atoms with van der Waals surface area (Å²) in [5.74, 6) is 1.80. The third-order valence-electron chi connectivity index (χ3n) is 4.67. The van der Waals surface area contributed by atoms with Crippen molar-refractivity contribution in [3.05, 3.63) is 11.1 Å². The predicted molar refractivity (Wildman–Crippen MR) is 75.5 cm³/mol. The lowest BCUT2D eigenvalue weighted by atomic mass is 9.84.